The number of hydrogen-bond donors (Lipinski definition) is 8. The molecule has 0 fully saturated rings. The summed E-state index contributed by atoms with van der Waals surface area (Å²) in [5.41, 5.74) is -5.48. The van der Waals surface area contributed by atoms with Crippen molar-refractivity contribution in [2.24, 2.45) is 0 Å². The molecule has 0 aliphatic carbocycles. The Bertz CT molecular complexity index is 517. The highest BCUT2D eigenvalue weighted by Crippen LogP contribution is 2.16. The number of carboxylic acid groups (broad SMARTS) is 6. The standard InChI is InChI=1S/2C6H8O7.2Mg.4H/c2*7-3(8)1-6(13,5(11)12)2-4(9)10;;;;;;/h2*13H,1-2H2,(H,7,8)(H,9,10)(H,11,12);;;;;;. The molecule has 0 spiro atoms. The summed E-state index contributed by atoms with van der Waals surface area (Å²) in [6.07, 6.45) is -4.58. The molecular weight excluding hydrogens is 417 g/mol. The maximum atomic E-state index is 10.3. The van der Waals surface area contributed by atoms with Gasteiger partial charge in [-0.3, -0.25) is 19.2 Å². The second kappa shape index (κ2) is 14.3. The summed E-state index contributed by atoms with van der Waals surface area (Å²) in [5, 5.41) is 67.6. The fourth-order valence-electron chi connectivity index (χ4n) is 1.43. The van der Waals surface area contributed by atoms with Crippen molar-refractivity contribution in [3.05, 3.63) is 0 Å². The molecular formula is C12H20Mg2O14. The molecule has 0 atom stereocenters. The van der Waals surface area contributed by atoms with E-state index in [2.05, 4.69) is 0 Å². The number of rotatable bonds is 10. The van der Waals surface area contributed by atoms with Crippen LogP contribution in [0.1, 0.15) is 25.7 Å². The van der Waals surface area contributed by atoms with Gasteiger partial charge in [-0.1, -0.05) is 0 Å². The predicted octanol–water partition coefficient (Wildman–Crippen LogP) is -4.33. The van der Waals surface area contributed by atoms with Crippen LogP contribution in [-0.2, 0) is 28.8 Å². The van der Waals surface area contributed by atoms with Crippen molar-refractivity contribution in [3.8, 4) is 0 Å². The number of aliphatic hydroxyl groups is 2. The van der Waals surface area contributed by atoms with Gasteiger partial charge in [-0.25, -0.2) is 9.59 Å². The topological polar surface area (TPSA) is 264 Å². The maximum Gasteiger partial charge on any atom is 0.336 e. The smallest absolute Gasteiger partial charge is 0.336 e. The van der Waals surface area contributed by atoms with Crippen molar-refractivity contribution in [2.75, 3.05) is 0 Å². The molecule has 156 valence electrons. The molecule has 0 unspecified atom stereocenters. The normalized spacial score (nSPS) is 10.1. The summed E-state index contributed by atoms with van der Waals surface area (Å²) in [5.74, 6) is -10.0. The third kappa shape index (κ3) is 14.3. The minimum atomic E-state index is -2.74. The zero-order chi connectivity index (χ0) is 21.3. The van der Waals surface area contributed by atoms with E-state index in [0.717, 1.165) is 0 Å². The van der Waals surface area contributed by atoms with Crippen LogP contribution in [0.2, 0.25) is 0 Å². The van der Waals surface area contributed by atoms with Gasteiger partial charge in [-0.15, -0.1) is 0 Å². The molecule has 0 saturated heterocycles. The van der Waals surface area contributed by atoms with E-state index in [4.69, 9.17) is 40.9 Å². The minimum Gasteiger partial charge on any atom is -0.481 e. The minimum absolute atomic E-state index is 0. The molecule has 0 aliphatic heterocycles. The highest BCUT2D eigenvalue weighted by atomic mass is 24.3. The zero-order valence-corrected chi connectivity index (χ0v) is 12.9. The van der Waals surface area contributed by atoms with Crippen LogP contribution in [0.3, 0.4) is 0 Å². The van der Waals surface area contributed by atoms with Crippen LogP contribution in [0.25, 0.3) is 0 Å². The molecule has 0 heterocycles. The molecule has 28 heavy (non-hydrogen) atoms. The Kier molecular flexibility index (Phi) is 17.3. The van der Waals surface area contributed by atoms with Gasteiger partial charge in [-0.05, 0) is 0 Å². The Morgan fingerprint density at radius 1 is 0.464 bits per heavy atom. The first-order valence-corrected chi connectivity index (χ1v) is 6.34. The number of carboxylic acids is 6. The molecule has 14 nitrogen and oxygen atoms in total. The average Bonchev–Trinajstić information content (AvgIpc) is 2.34. The Morgan fingerprint density at radius 3 is 0.679 bits per heavy atom. The first kappa shape index (κ1) is 33.8. The number of carbonyl (C=O) groups is 6. The fourth-order valence-corrected chi connectivity index (χ4v) is 1.43. The van der Waals surface area contributed by atoms with Crippen molar-refractivity contribution in [1.82, 2.24) is 0 Å². The third-order valence-electron chi connectivity index (χ3n) is 2.57. The Labute approximate surface area is 188 Å². The van der Waals surface area contributed by atoms with Crippen molar-refractivity contribution in [2.45, 2.75) is 36.9 Å². The highest BCUT2D eigenvalue weighted by molar-refractivity contribution is 5.88. The molecule has 0 aromatic carbocycles. The van der Waals surface area contributed by atoms with Crippen LogP contribution in [0, 0.1) is 0 Å². The monoisotopic (exact) mass is 436 g/mol. The SMILES string of the molecule is O=C(O)CC(O)(CC(=O)O)C(=O)O.O=C(O)CC(O)(CC(=O)O)C(=O)O.[MgH2].[MgH2]. The van der Waals surface area contributed by atoms with Crippen LogP contribution >= 0.6 is 0 Å². The van der Waals surface area contributed by atoms with E-state index in [-0.39, 0.29) is 46.1 Å². The molecule has 0 radical (unpaired) electrons. The largest absolute Gasteiger partial charge is 0.481 e. The summed E-state index contributed by atoms with van der Waals surface area (Å²) in [4.78, 5) is 61.0. The van der Waals surface area contributed by atoms with Gasteiger partial charge >= 0.3 is 81.9 Å². The van der Waals surface area contributed by atoms with Crippen molar-refractivity contribution < 1.29 is 69.6 Å². The van der Waals surface area contributed by atoms with Gasteiger partial charge in [-0.2, -0.15) is 0 Å². The summed E-state index contributed by atoms with van der Waals surface area (Å²) >= 11 is 0. The van der Waals surface area contributed by atoms with Gasteiger partial charge in [0.05, 0.1) is 25.7 Å². The first-order valence-electron chi connectivity index (χ1n) is 6.34. The lowest BCUT2D eigenvalue weighted by Crippen LogP contribution is -2.42. The fraction of sp³-hybridized carbons (Fsp3) is 0.500. The Balaban J connectivity index is -0.000000192. The molecule has 0 aliphatic rings. The zero-order valence-electron chi connectivity index (χ0n) is 12.9. The lowest BCUT2D eigenvalue weighted by Gasteiger charge is -2.18. The van der Waals surface area contributed by atoms with Crippen molar-refractivity contribution >= 4 is 81.9 Å². The molecule has 0 aromatic rings. The van der Waals surface area contributed by atoms with E-state index >= 15 is 0 Å². The lowest BCUT2D eigenvalue weighted by molar-refractivity contribution is -0.170. The molecule has 0 bridgehead atoms. The highest BCUT2D eigenvalue weighted by Gasteiger charge is 2.41. The molecule has 0 saturated carbocycles. The molecule has 16 heteroatoms. The summed E-state index contributed by atoms with van der Waals surface area (Å²) in [7, 11) is 0. The van der Waals surface area contributed by atoms with Gasteiger partial charge in [0, 0.05) is 0 Å². The maximum absolute atomic E-state index is 10.3. The summed E-state index contributed by atoms with van der Waals surface area (Å²) < 4.78 is 0. The third-order valence-corrected chi connectivity index (χ3v) is 2.57. The first-order chi connectivity index (χ1) is 11.6. The summed E-state index contributed by atoms with van der Waals surface area (Å²) in [6, 6.07) is 0. The second-order valence-electron chi connectivity index (χ2n) is 4.96. The summed E-state index contributed by atoms with van der Waals surface area (Å²) in [6.45, 7) is 0. The van der Waals surface area contributed by atoms with Gasteiger partial charge in [0.1, 0.15) is 0 Å². The molecule has 0 amide bonds. The van der Waals surface area contributed by atoms with Gasteiger partial charge in [0.2, 0.25) is 0 Å². The van der Waals surface area contributed by atoms with E-state index < -0.39 is 72.7 Å². The quantitative estimate of drug-likeness (QED) is 0.150. The molecule has 0 aromatic heterocycles. The average molecular weight is 437 g/mol. The van der Waals surface area contributed by atoms with Crippen molar-refractivity contribution in [1.29, 1.82) is 0 Å². The van der Waals surface area contributed by atoms with E-state index in [1.165, 1.54) is 0 Å². The van der Waals surface area contributed by atoms with Gasteiger partial charge in [0.15, 0.2) is 11.2 Å². The second-order valence-corrected chi connectivity index (χ2v) is 4.96. The lowest BCUT2D eigenvalue weighted by atomic mass is 9.96. The Morgan fingerprint density at radius 2 is 0.607 bits per heavy atom. The van der Waals surface area contributed by atoms with Crippen LogP contribution in [-0.4, -0.2) is 134 Å². The van der Waals surface area contributed by atoms with E-state index in [1.807, 2.05) is 0 Å². The van der Waals surface area contributed by atoms with Crippen LogP contribution in [0.15, 0.2) is 0 Å². The van der Waals surface area contributed by atoms with Crippen LogP contribution in [0.4, 0.5) is 0 Å². The van der Waals surface area contributed by atoms with Crippen molar-refractivity contribution in [3.63, 3.8) is 0 Å². The van der Waals surface area contributed by atoms with Gasteiger partial charge < -0.3 is 40.9 Å². The molecule has 0 rings (SSSR count). The van der Waals surface area contributed by atoms with E-state index in [0.29, 0.717) is 0 Å². The predicted molar refractivity (Wildman–Crippen MR) is 91.3 cm³/mol. The van der Waals surface area contributed by atoms with Crippen LogP contribution < -0.4 is 0 Å². The van der Waals surface area contributed by atoms with Crippen LogP contribution in [0.5, 0.6) is 0 Å². The van der Waals surface area contributed by atoms with E-state index in [9.17, 15) is 28.8 Å². The van der Waals surface area contributed by atoms with E-state index in [1.54, 1.807) is 0 Å². The molecule has 8 N–H and O–H groups in total. The number of hydrogen-bond acceptors (Lipinski definition) is 8. The number of aliphatic carboxylic acids is 6. The Hall–Kier alpha value is -1.73. The van der Waals surface area contributed by atoms with Gasteiger partial charge in [0.25, 0.3) is 0 Å².